The second-order valence-corrected chi connectivity index (χ2v) is 5.85. The van der Waals surface area contributed by atoms with Gasteiger partial charge in [0, 0.05) is 29.2 Å². The van der Waals surface area contributed by atoms with E-state index in [1.807, 2.05) is 6.07 Å². The van der Waals surface area contributed by atoms with E-state index in [2.05, 4.69) is 11.6 Å². The molecule has 0 N–H and O–H groups in total. The van der Waals surface area contributed by atoms with Crippen molar-refractivity contribution < 1.29 is 9.18 Å². The number of halogens is 2. The third-order valence-electron chi connectivity index (χ3n) is 2.59. The van der Waals surface area contributed by atoms with Crippen molar-refractivity contribution in [3.8, 4) is 0 Å². The highest BCUT2D eigenvalue weighted by Crippen LogP contribution is 2.23. The lowest BCUT2D eigenvalue weighted by Crippen LogP contribution is -2.30. The molecule has 0 aromatic carbocycles. The molecule has 2 aromatic rings. The number of pyridine rings is 1. The average Bonchev–Trinajstić information content (AvgIpc) is 2.83. The molecular weight excluding hydrogens is 299 g/mol. The summed E-state index contributed by atoms with van der Waals surface area (Å²) in [5, 5.41) is 0. The molecule has 2 heterocycles. The lowest BCUT2D eigenvalue weighted by Gasteiger charge is -2.20. The fourth-order valence-electron chi connectivity index (χ4n) is 1.72. The van der Waals surface area contributed by atoms with Gasteiger partial charge in [-0.25, -0.2) is 4.98 Å². The third kappa shape index (κ3) is 3.65. The second kappa shape index (κ2) is 6.63. The summed E-state index contributed by atoms with van der Waals surface area (Å²) < 4.78 is 13.8. The molecule has 0 aliphatic rings. The lowest BCUT2D eigenvalue weighted by atomic mass is 10.2. The van der Waals surface area contributed by atoms with E-state index in [-0.39, 0.29) is 11.5 Å². The Labute approximate surface area is 125 Å². The Bertz CT molecular complexity index is 629. The number of hydrogen-bond acceptors (Lipinski definition) is 3. The lowest BCUT2D eigenvalue weighted by molar-refractivity contribution is 0.0763. The molecule has 0 bridgehead atoms. The van der Waals surface area contributed by atoms with Crippen LogP contribution in [0.15, 0.2) is 43.1 Å². The van der Waals surface area contributed by atoms with Crippen LogP contribution in [0.25, 0.3) is 0 Å². The summed E-state index contributed by atoms with van der Waals surface area (Å²) in [6.07, 6.45) is 2.90. The first-order valence-electron chi connectivity index (χ1n) is 5.86. The first-order valence-corrected chi connectivity index (χ1v) is 7.05. The summed E-state index contributed by atoms with van der Waals surface area (Å²) in [6.45, 7) is 4.42. The summed E-state index contributed by atoms with van der Waals surface area (Å²) in [5.74, 6) is -0.940. The minimum atomic E-state index is -0.673. The zero-order valence-corrected chi connectivity index (χ0v) is 12.1. The van der Waals surface area contributed by atoms with Crippen molar-refractivity contribution in [1.29, 1.82) is 0 Å². The van der Waals surface area contributed by atoms with E-state index >= 15 is 0 Å². The van der Waals surface area contributed by atoms with Crippen LogP contribution in [-0.2, 0) is 6.54 Å². The molecule has 0 fully saturated rings. The van der Waals surface area contributed by atoms with Gasteiger partial charge in [0.15, 0.2) is 0 Å². The monoisotopic (exact) mass is 310 g/mol. The van der Waals surface area contributed by atoms with Gasteiger partial charge >= 0.3 is 0 Å². The summed E-state index contributed by atoms with van der Waals surface area (Å²) in [5.41, 5.74) is 0.266. The smallest absolute Gasteiger partial charge is 0.254 e. The van der Waals surface area contributed by atoms with Crippen molar-refractivity contribution in [3.05, 3.63) is 63.8 Å². The molecule has 0 saturated carbocycles. The first kappa shape index (κ1) is 14.7. The summed E-state index contributed by atoms with van der Waals surface area (Å²) in [7, 11) is 0. The number of hydrogen-bond donors (Lipinski definition) is 0. The molecule has 0 radical (unpaired) electrons. The van der Waals surface area contributed by atoms with Gasteiger partial charge in [-0.2, -0.15) is 4.39 Å². The molecule has 0 spiro atoms. The first-order chi connectivity index (χ1) is 9.60. The van der Waals surface area contributed by atoms with Crippen molar-refractivity contribution in [2.45, 2.75) is 6.54 Å². The molecular formula is C14H12ClFN2OS. The molecule has 20 heavy (non-hydrogen) atoms. The highest BCUT2D eigenvalue weighted by atomic mass is 35.5. The van der Waals surface area contributed by atoms with Crippen LogP contribution in [-0.4, -0.2) is 22.3 Å². The highest BCUT2D eigenvalue weighted by Gasteiger charge is 2.16. The highest BCUT2D eigenvalue weighted by molar-refractivity contribution is 7.16. The van der Waals surface area contributed by atoms with E-state index < -0.39 is 5.95 Å². The van der Waals surface area contributed by atoms with Crippen LogP contribution in [0.1, 0.15) is 15.2 Å². The number of thiophene rings is 1. The summed E-state index contributed by atoms with van der Waals surface area (Å²) in [4.78, 5) is 18.3. The van der Waals surface area contributed by atoms with Gasteiger partial charge in [-0.05, 0) is 18.2 Å². The normalized spacial score (nSPS) is 10.3. The SMILES string of the molecule is C=CCN(Cc1ccc(Cl)s1)C(=O)c1ccnc(F)c1. The number of nitrogens with zero attached hydrogens (tertiary/aromatic N) is 2. The number of carbonyl (C=O) groups excluding carboxylic acids is 1. The third-order valence-corrected chi connectivity index (χ3v) is 3.80. The summed E-state index contributed by atoms with van der Waals surface area (Å²) >= 11 is 7.28. The van der Waals surface area contributed by atoms with Crippen molar-refractivity contribution in [2.24, 2.45) is 0 Å². The Morgan fingerprint density at radius 1 is 1.50 bits per heavy atom. The van der Waals surface area contributed by atoms with Gasteiger partial charge in [-0.15, -0.1) is 17.9 Å². The Hall–Kier alpha value is -1.72. The van der Waals surface area contributed by atoms with Crippen LogP contribution in [0.5, 0.6) is 0 Å². The second-order valence-electron chi connectivity index (χ2n) is 4.05. The number of rotatable bonds is 5. The maximum absolute atomic E-state index is 13.1. The zero-order chi connectivity index (χ0) is 14.5. The van der Waals surface area contributed by atoms with Gasteiger partial charge in [0.05, 0.1) is 10.9 Å². The number of amides is 1. The Morgan fingerprint density at radius 3 is 2.90 bits per heavy atom. The average molecular weight is 311 g/mol. The van der Waals surface area contributed by atoms with Crippen LogP contribution in [0, 0.1) is 5.95 Å². The Balaban J connectivity index is 2.19. The van der Waals surface area contributed by atoms with E-state index in [1.54, 1.807) is 17.0 Å². The van der Waals surface area contributed by atoms with Crippen molar-refractivity contribution >= 4 is 28.8 Å². The van der Waals surface area contributed by atoms with Crippen molar-refractivity contribution in [1.82, 2.24) is 9.88 Å². The topological polar surface area (TPSA) is 33.2 Å². The summed E-state index contributed by atoms with van der Waals surface area (Å²) in [6, 6.07) is 6.26. The fourth-order valence-corrected chi connectivity index (χ4v) is 2.82. The van der Waals surface area contributed by atoms with Gasteiger partial charge in [0.1, 0.15) is 0 Å². The van der Waals surface area contributed by atoms with Crippen LogP contribution in [0.4, 0.5) is 4.39 Å². The minimum Gasteiger partial charge on any atom is -0.330 e. The minimum absolute atomic E-state index is 0.266. The molecule has 2 rings (SSSR count). The molecule has 0 aliphatic carbocycles. The predicted molar refractivity (Wildman–Crippen MR) is 78.5 cm³/mol. The van der Waals surface area contributed by atoms with E-state index in [0.717, 1.165) is 10.9 Å². The van der Waals surface area contributed by atoms with E-state index in [0.29, 0.717) is 17.4 Å². The van der Waals surface area contributed by atoms with E-state index in [9.17, 15) is 9.18 Å². The van der Waals surface area contributed by atoms with Crippen LogP contribution >= 0.6 is 22.9 Å². The van der Waals surface area contributed by atoms with Crippen LogP contribution in [0.2, 0.25) is 4.34 Å². The molecule has 6 heteroatoms. The van der Waals surface area contributed by atoms with Crippen molar-refractivity contribution in [2.75, 3.05) is 6.54 Å². The number of carbonyl (C=O) groups is 1. The molecule has 0 saturated heterocycles. The quantitative estimate of drug-likeness (QED) is 0.622. The van der Waals surface area contributed by atoms with Gasteiger partial charge in [-0.3, -0.25) is 4.79 Å². The van der Waals surface area contributed by atoms with E-state index in [4.69, 9.17) is 11.6 Å². The van der Waals surface area contributed by atoms with Crippen LogP contribution < -0.4 is 0 Å². The Kier molecular flexibility index (Phi) is 4.87. The maximum Gasteiger partial charge on any atom is 0.254 e. The van der Waals surface area contributed by atoms with E-state index in [1.165, 1.54) is 23.6 Å². The standard InChI is InChI=1S/C14H12ClFN2OS/c1-2-7-18(9-11-3-4-12(15)20-11)14(19)10-5-6-17-13(16)8-10/h2-6,8H,1,7,9H2. The molecule has 0 atom stereocenters. The van der Waals surface area contributed by atoms with Crippen LogP contribution in [0.3, 0.4) is 0 Å². The molecule has 1 amide bonds. The maximum atomic E-state index is 13.1. The van der Waals surface area contributed by atoms with Gasteiger partial charge in [-0.1, -0.05) is 17.7 Å². The van der Waals surface area contributed by atoms with Crippen molar-refractivity contribution in [3.63, 3.8) is 0 Å². The van der Waals surface area contributed by atoms with Gasteiger partial charge in [0.25, 0.3) is 5.91 Å². The molecule has 104 valence electrons. The molecule has 3 nitrogen and oxygen atoms in total. The van der Waals surface area contributed by atoms with Gasteiger partial charge in [0.2, 0.25) is 5.95 Å². The van der Waals surface area contributed by atoms with Gasteiger partial charge < -0.3 is 4.90 Å². The Morgan fingerprint density at radius 2 is 2.30 bits per heavy atom. The molecule has 2 aromatic heterocycles. The predicted octanol–water partition coefficient (Wildman–Crippen LogP) is 3.76. The zero-order valence-electron chi connectivity index (χ0n) is 10.6. The largest absolute Gasteiger partial charge is 0.330 e. The fraction of sp³-hybridized carbons (Fsp3) is 0.143. The number of aromatic nitrogens is 1. The molecule has 0 unspecified atom stereocenters. The molecule has 0 aliphatic heterocycles.